The fraction of sp³-hybridized carbons (Fsp3) is 0.571. The molecular weight excluding hydrogens is 428 g/mol. The number of benzene rings is 1. The highest BCUT2D eigenvalue weighted by molar-refractivity contribution is 6.74. The number of hydrogen-bond acceptors (Lipinski definition) is 3. The zero-order chi connectivity index (χ0) is 24.5. The van der Waals surface area contributed by atoms with Gasteiger partial charge in [0.25, 0.3) is 0 Å². The van der Waals surface area contributed by atoms with Crippen molar-refractivity contribution < 1.29 is 19.4 Å². The highest BCUT2D eigenvalue weighted by Gasteiger charge is 2.39. The lowest BCUT2D eigenvalue weighted by molar-refractivity contribution is -0.136. The Kier molecular flexibility index (Phi) is 10.4. The number of aliphatic carboxylic acids is 1. The molecule has 33 heavy (non-hydrogen) atoms. The average molecular weight is 471 g/mol. The van der Waals surface area contributed by atoms with Crippen LogP contribution in [-0.4, -0.2) is 36.7 Å². The predicted octanol–water partition coefficient (Wildman–Crippen LogP) is 6.67. The van der Waals surface area contributed by atoms with Gasteiger partial charge < -0.3 is 14.6 Å². The minimum Gasteiger partial charge on any atom is -0.481 e. The lowest BCUT2D eigenvalue weighted by Crippen LogP contribution is -2.44. The average Bonchev–Trinajstić information content (AvgIpc) is 3.08. The van der Waals surface area contributed by atoms with E-state index in [4.69, 9.17) is 9.53 Å². The molecule has 0 spiro atoms. The Morgan fingerprint density at radius 3 is 2.58 bits per heavy atom. The van der Waals surface area contributed by atoms with Gasteiger partial charge in [0.2, 0.25) is 0 Å². The third-order valence-corrected chi connectivity index (χ3v) is 11.6. The van der Waals surface area contributed by atoms with E-state index in [0.29, 0.717) is 6.42 Å². The predicted molar refractivity (Wildman–Crippen MR) is 138 cm³/mol. The van der Waals surface area contributed by atoms with E-state index in [2.05, 4.69) is 69.9 Å². The van der Waals surface area contributed by atoms with Crippen LogP contribution >= 0.6 is 0 Å². The van der Waals surface area contributed by atoms with E-state index >= 15 is 0 Å². The van der Waals surface area contributed by atoms with Crippen molar-refractivity contribution in [3.63, 3.8) is 0 Å². The topological polar surface area (TPSA) is 66.8 Å². The van der Waals surface area contributed by atoms with E-state index in [1.807, 2.05) is 12.1 Å². The largest absolute Gasteiger partial charge is 0.481 e. The quantitative estimate of drug-likeness (QED) is 0.203. The molecule has 182 valence electrons. The van der Waals surface area contributed by atoms with Gasteiger partial charge in [-0.1, -0.05) is 62.8 Å². The minimum absolute atomic E-state index is 0.00919. The summed E-state index contributed by atoms with van der Waals surface area (Å²) in [6, 6.07) is 10.6. The van der Waals surface area contributed by atoms with Crippen molar-refractivity contribution in [2.45, 2.75) is 96.1 Å². The lowest BCUT2D eigenvalue weighted by Gasteiger charge is -2.39. The van der Waals surface area contributed by atoms with Gasteiger partial charge in [-0.3, -0.25) is 4.79 Å². The first-order chi connectivity index (χ1) is 15.5. The van der Waals surface area contributed by atoms with Gasteiger partial charge in [0.05, 0.1) is 12.5 Å². The highest BCUT2D eigenvalue weighted by atomic mass is 28.4. The lowest BCUT2D eigenvalue weighted by atomic mass is 9.90. The molecule has 0 aliphatic heterocycles. The van der Waals surface area contributed by atoms with Crippen LogP contribution in [0.2, 0.25) is 18.1 Å². The first kappa shape index (κ1) is 27.3. The normalized spacial score (nSPS) is 19.5. The highest BCUT2D eigenvalue weighted by Crippen LogP contribution is 2.39. The summed E-state index contributed by atoms with van der Waals surface area (Å²) in [6.45, 7) is 11.5. The monoisotopic (exact) mass is 470 g/mol. The van der Waals surface area contributed by atoms with Crippen molar-refractivity contribution in [3.05, 3.63) is 65.4 Å². The number of rotatable bonds is 12. The molecule has 0 radical (unpaired) electrons. The Bertz CT molecular complexity index is 844. The van der Waals surface area contributed by atoms with E-state index in [-0.39, 0.29) is 29.6 Å². The summed E-state index contributed by atoms with van der Waals surface area (Å²) in [4.78, 5) is 10.6. The molecule has 4 nitrogen and oxygen atoms in total. The SMILES string of the molecule is CC(C)(C)[Si](C)(C)O[C@@H](CCC1=CC[C@H](O)[C@@H]1CCC=C=CCC(=O)O)Cc1ccccc1. The maximum Gasteiger partial charge on any atom is 0.307 e. The molecule has 0 bridgehead atoms. The molecule has 1 aliphatic rings. The Morgan fingerprint density at radius 1 is 1.24 bits per heavy atom. The van der Waals surface area contributed by atoms with E-state index < -0.39 is 14.3 Å². The van der Waals surface area contributed by atoms with Gasteiger partial charge in [0.15, 0.2) is 8.32 Å². The van der Waals surface area contributed by atoms with Gasteiger partial charge in [-0.15, -0.1) is 5.73 Å². The maximum absolute atomic E-state index is 10.6. The van der Waals surface area contributed by atoms with Crippen molar-refractivity contribution in [2.24, 2.45) is 5.92 Å². The van der Waals surface area contributed by atoms with Crippen LogP contribution in [0.25, 0.3) is 0 Å². The third-order valence-electron chi connectivity index (χ3n) is 7.03. The van der Waals surface area contributed by atoms with E-state index in [1.54, 1.807) is 0 Å². The number of aliphatic hydroxyl groups excluding tert-OH is 1. The third kappa shape index (κ3) is 9.09. The molecule has 2 N–H and O–H groups in total. The van der Waals surface area contributed by atoms with Crippen molar-refractivity contribution >= 4 is 14.3 Å². The van der Waals surface area contributed by atoms with Crippen molar-refractivity contribution in [1.82, 2.24) is 0 Å². The van der Waals surface area contributed by atoms with Crippen molar-refractivity contribution in [1.29, 1.82) is 0 Å². The van der Waals surface area contributed by atoms with Crippen LogP contribution in [0.1, 0.15) is 64.9 Å². The zero-order valence-corrected chi connectivity index (χ0v) is 22.0. The standard InChI is InChI=1S/C28H42O4Si/c1-28(2,3)33(4,5)32-24(21-22-13-9-8-10-14-22)19-17-23-18-20-26(29)25(23)15-11-6-7-12-16-27(30)31/h6,8-10,12-14,18,24-26,29H,11,15-17,19-21H2,1-5H3,(H,30,31)/t7?,24-,25+,26-/m0/s1. The summed E-state index contributed by atoms with van der Waals surface area (Å²) in [5, 5.41) is 19.4. The molecule has 5 heteroatoms. The number of carboxylic acids is 1. The fourth-order valence-electron chi connectivity index (χ4n) is 4.08. The van der Waals surface area contributed by atoms with E-state index in [1.165, 1.54) is 17.2 Å². The second-order valence-corrected chi connectivity index (χ2v) is 15.4. The summed E-state index contributed by atoms with van der Waals surface area (Å²) >= 11 is 0. The molecule has 0 unspecified atom stereocenters. The molecule has 1 aliphatic carbocycles. The van der Waals surface area contributed by atoms with Gasteiger partial charge in [-0.2, -0.15) is 0 Å². The van der Waals surface area contributed by atoms with Crippen LogP contribution in [0, 0.1) is 5.92 Å². The number of aliphatic hydroxyl groups is 1. The van der Waals surface area contributed by atoms with Crippen molar-refractivity contribution in [2.75, 3.05) is 0 Å². The van der Waals surface area contributed by atoms with Crippen LogP contribution in [0.15, 0.2) is 59.9 Å². The van der Waals surface area contributed by atoms with Crippen LogP contribution in [-0.2, 0) is 15.6 Å². The molecule has 0 saturated carbocycles. The Hall–Kier alpha value is -1.91. The molecule has 1 aromatic carbocycles. The molecular formula is C28H42O4Si. The summed E-state index contributed by atoms with van der Waals surface area (Å²) in [6.07, 6.45) is 10.6. The number of hydrogen-bond donors (Lipinski definition) is 2. The second kappa shape index (κ2) is 12.5. The first-order valence-corrected chi connectivity index (χ1v) is 15.1. The summed E-state index contributed by atoms with van der Waals surface area (Å²) in [5.41, 5.74) is 5.58. The van der Waals surface area contributed by atoms with Crippen molar-refractivity contribution in [3.8, 4) is 0 Å². The van der Waals surface area contributed by atoms with E-state index in [9.17, 15) is 9.90 Å². The van der Waals surface area contributed by atoms with Crippen LogP contribution in [0.3, 0.4) is 0 Å². The summed E-state index contributed by atoms with van der Waals surface area (Å²) < 4.78 is 6.85. The van der Waals surface area contributed by atoms with Crippen LogP contribution < -0.4 is 0 Å². The van der Waals surface area contributed by atoms with Gasteiger partial charge in [0, 0.05) is 12.0 Å². The molecule has 0 heterocycles. The fourth-order valence-corrected chi connectivity index (χ4v) is 5.46. The Labute approximate surface area is 201 Å². The van der Waals surface area contributed by atoms with Gasteiger partial charge in [-0.05, 0) is 74.4 Å². The van der Waals surface area contributed by atoms with Gasteiger partial charge in [-0.25, -0.2) is 0 Å². The molecule has 0 saturated heterocycles. The maximum atomic E-state index is 10.6. The Balaban J connectivity index is 2.01. The molecule has 0 amide bonds. The number of carboxylic acid groups (broad SMARTS) is 1. The molecule has 2 rings (SSSR count). The van der Waals surface area contributed by atoms with Gasteiger partial charge >= 0.3 is 5.97 Å². The first-order valence-electron chi connectivity index (χ1n) is 12.2. The smallest absolute Gasteiger partial charge is 0.307 e. The molecule has 0 aromatic heterocycles. The van der Waals surface area contributed by atoms with E-state index in [0.717, 1.165) is 32.1 Å². The molecule has 3 atom stereocenters. The minimum atomic E-state index is -1.90. The molecule has 0 fully saturated rings. The number of carbonyl (C=O) groups is 1. The van der Waals surface area contributed by atoms with Crippen LogP contribution in [0.4, 0.5) is 0 Å². The molecule has 1 aromatic rings. The van der Waals surface area contributed by atoms with Crippen LogP contribution in [0.5, 0.6) is 0 Å². The summed E-state index contributed by atoms with van der Waals surface area (Å²) in [5.74, 6) is -0.690. The van der Waals surface area contributed by atoms with Gasteiger partial charge in [0.1, 0.15) is 0 Å². The zero-order valence-electron chi connectivity index (χ0n) is 21.0. The summed E-state index contributed by atoms with van der Waals surface area (Å²) in [7, 11) is -1.90. The Morgan fingerprint density at radius 2 is 1.94 bits per heavy atom. The second-order valence-electron chi connectivity index (χ2n) is 10.7.